The number of likely N-dealkylation sites (N-methyl/N-ethyl adjacent to an activating group) is 1. The molecule has 2 unspecified atom stereocenters. The van der Waals surface area contributed by atoms with E-state index in [0.717, 1.165) is 19.3 Å². The van der Waals surface area contributed by atoms with Gasteiger partial charge < -0.3 is 10.2 Å². The molecule has 4 aromatic rings. The second-order valence-electron chi connectivity index (χ2n) is 8.64. The Morgan fingerprint density at radius 3 is 2.75 bits per heavy atom. The second-order valence-corrected chi connectivity index (χ2v) is 9.38. The molecule has 6 rings (SSSR count). The minimum absolute atomic E-state index is 0.158. The summed E-state index contributed by atoms with van der Waals surface area (Å²) in [4.78, 5) is 20.7. The van der Waals surface area contributed by atoms with Gasteiger partial charge in [0.25, 0.3) is 5.56 Å². The average Bonchev–Trinajstić information content (AvgIpc) is 3.53. The van der Waals surface area contributed by atoms with Crippen molar-refractivity contribution in [1.29, 1.82) is 0 Å². The number of benzene rings is 1. The predicted octanol–water partition coefficient (Wildman–Crippen LogP) is 2.85. The van der Waals surface area contributed by atoms with Gasteiger partial charge in [-0.2, -0.15) is 15.2 Å². The van der Waals surface area contributed by atoms with E-state index in [1.54, 1.807) is 23.3 Å². The van der Waals surface area contributed by atoms with E-state index in [1.807, 2.05) is 19.2 Å². The van der Waals surface area contributed by atoms with Gasteiger partial charge in [-0.3, -0.25) is 19.1 Å². The van der Waals surface area contributed by atoms with Crippen molar-refractivity contribution in [2.24, 2.45) is 14.1 Å². The number of nitrogens with one attached hydrogen (secondary N) is 2. The fourth-order valence-electron chi connectivity index (χ4n) is 5.48. The van der Waals surface area contributed by atoms with Crippen molar-refractivity contribution >= 4 is 51.1 Å². The van der Waals surface area contributed by atoms with Crippen LogP contribution in [0.5, 0.6) is 0 Å². The number of rotatable bonds is 3. The average molecular weight is 473 g/mol. The van der Waals surface area contributed by atoms with E-state index in [0.29, 0.717) is 67.4 Å². The highest BCUT2D eigenvalue weighted by Crippen LogP contribution is 2.41. The normalized spacial score (nSPS) is 22.7. The van der Waals surface area contributed by atoms with Gasteiger partial charge in [-0.15, -0.1) is 0 Å². The molecule has 2 bridgehead atoms. The summed E-state index contributed by atoms with van der Waals surface area (Å²) in [6, 6.07) is 4.78. The second kappa shape index (κ2) is 6.94. The van der Waals surface area contributed by atoms with Crippen LogP contribution in [0.4, 0.5) is 5.95 Å². The van der Waals surface area contributed by atoms with Gasteiger partial charge in [-0.1, -0.05) is 23.2 Å². The Morgan fingerprint density at radius 1 is 1.19 bits per heavy atom. The Morgan fingerprint density at radius 2 is 2.00 bits per heavy atom. The minimum Gasteiger partial charge on any atom is -0.335 e. The first kappa shape index (κ1) is 20.0. The van der Waals surface area contributed by atoms with Gasteiger partial charge in [0.1, 0.15) is 16.2 Å². The molecule has 166 valence electrons. The van der Waals surface area contributed by atoms with Crippen molar-refractivity contribution in [2.75, 3.05) is 11.9 Å². The highest BCUT2D eigenvalue weighted by molar-refractivity contribution is 6.43. The maximum Gasteiger partial charge on any atom is 0.266 e. The lowest BCUT2D eigenvalue weighted by molar-refractivity contribution is 0.445. The lowest BCUT2D eigenvalue weighted by Gasteiger charge is -2.26. The number of nitrogens with zero attached hydrogens (tertiary/aromatic N) is 6. The lowest BCUT2D eigenvalue weighted by atomic mass is 9.96. The smallest absolute Gasteiger partial charge is 0.266 e. The van der Waals surface area contributed by atoms with Crippen LogP contribution < -0.4 is 15.8 Å². The highest BCUT2D eigenvalue weighted by Gasteiger charge is 2.47. The van der Waals surface area contributed by atoms with Crippen LogP contribution in [-0.4, -0.2) is 54.7 Å². The van der Waals surface area contributed by atoms with Crippen molar-refractivity contribution in [3.63, 3.8) is 0 Å². The zero-order valence-corrected chi connectivity index (χ0v) is 19.4. The third-order valence-corrected chi connectivity index (χ3v) is 7.87. The summed E-state index contributed by atoms with van der Waals surface area (Å²) < 4.78 is 3.20. The van der Waals surface area contributed by atoms with E-state index in [1.165, 1.54) is 0 Å². The monoisotopic (exact) mass is 472 g/mol. The van der Waals surface area contributed by atoms with E-state index < -0.39 is 0 Å². The molecule has 3 atom stereocenters. The molecule has 1 aromatic carbocycles. The fraction of sp³-hybridized carbons (Fsp3) is 0.429. The van der Waals surface area contributed by atoms with Crippen molar-refractivity contribution in [1.82, 2.24) is 34.8 Å². The summed E-state index contributed by atoms with van der Waals surface area (Å²) in [7, 11) is 5.53. The molecule has 0 radical (unpaired) electrons. The van der Waals surface area contributed by atoms with Crippen LogP contribution >= 0.6 is 23.2 Å². The molecule has 2 aliphatic rings. The van der Waals surface area contributed by atoms with Crippen molar-refractivity contribution in [3.05, 3.63) is 32.7 Å². The summed E-state index contributed by atoms with van der Waals surface area (Å²) >= 11 is 13.1. The van der Waals surface area contributed by atoms with Crippen molar-refractivity contribution < 1.29 is 0 Å². The topological polar surface area (TPSA) is 96.7 Å². The Hall–Kier alpha value is -2.62. The number of aromatic nitrogens is 6. The molecular weight excluding hydrogens is 451 g/mol. The molecule has 0 spiro atoms. The first-order valence-corrected chi connectivity index (χ1v) is 11.4. The van der Waals surface area contributed by atoms with Crippen LogP contribution in [-0.2, 0) is 14.1 Å². The van der Waals surface area contributed by atoms with Crippen LogP contribution in [0, 0.1) is 0 Å². The molecule has 2 aliphatic heterocycles. The van der Waals surface area contributed by atoms with Gasteiger partial charge in [-0.25, -0.2) is 0 Å². The molecule has 32 heavy (non-hydrogen) atoms. The number of H-pyrrole nitrogens is 1. The molecule has 0 saturated carbocycles. The van der Waals surface area contributed by atoms with Gasteiger partial charge in [0, 0.05) is 37.8 Å². The van der Waals surface area contributed by atoms with Gasteiger partial charge in [0.05, 0.1) is 15.9 Å². The molecule has 2 N–H and O–H groups in total. The van der Waals surface area contributed by atoms with Crippen LogP contribution in [0.2, 0.25) is 10.2 Å². The first-order valence-electron chi connectivity index (χ1n) is 10.6. The minimum atomic E-state index is -0.158. The van der Waals surface area contributed by atoms with E-state index >= 15 is 0 Å². The van der Waals surface area contributed by atoms with Crippen molar-refractivity contribution in [2.45, 2.75) is 37.4 Å². The van der Waals surface area contributed by atoms with Gasteiger partial charge in [0.2, 0.25) is 5.95 Å². The van der Waals surface area contributed by atoms with Gasteiger partial charge >= 0.3 is 0 Å². The lowest BCUT2D eigenvalue weighted by Crippen LogP contribution is -2.41. The molecule has 5 heterocycles. The zero-order valence-electron chi connectivity index (χ0n) is 17.9. The molecule has 0 aliphatic carbocycles. The number of hydrogen-bond acceptors (Lipinski definition) is 6. The Labute approximate surface area is 193 Å². The zero-order chi connectivity index (χ0) is 22.3. The fourth-order valence-corrected chi connectivity index (χ4v) is 6.10. The molecule has 3 aromatic heterocycles. The van der Waals surface area contributed by atoms with Crippen LogP contribution in [0.3, 0.4) is 0 Å². The quantitative estimate of drug-likeness (QED) is 0.475. The number of halogens is 2. The number of fused-ring (bicyclic) bond motifs is 4. The summed E-state index contributed by atoms with van der Waals surface area (Å²) in [5.41, 5.74) is 2.06. The summed E-state index contributed by atoms with van der Waals surface area (Å²) in [6.45, 7) is 0. The van der Waals surface area contributed by atoms with E-state index in [2.05, 4.69) is 25.5 Å². The van der Waals surface area contributed by atoms with Crippen molar-refractivity contribution in [3.8, 4) is 11.3 Å². The Balaban J connectivity index is 1.53. The third-order valence-electron chi connectivity index (χ3n) is 7.04. The Bertz CT molecular complexity index is 1450. The molecule has 2 fully saturated rings. The summed E-state index contributed by atoms with van der Waals surface area (Å²) in [5, 5.41) is 17.1. The van der Waals surface area contributed by atoms with E-state index in [-0.39, 0.29) is 5.56 Å². The van der Waals surface area contributed by atoms with E-state index in [9.17, 15) is 4.79 Å². The SMILES string of the molecule is CN[C@@H]1CC2CCC1N2c1nc2[nH]nc(-c3ccc4nn(C)c(Cl)c4c3Cl)c2c(=O)n1C. The largest absolute Gasteiger partial charge is 0.335 e. The Kier molecular flexibility index (Phi) is 4.34. The molecule has 11 heteroatoms. The standard InChI is InChI=1S/C21H22Cl2N8O/c1-24-12-8-9-4-7-13(12)31(9)21-25-19-15(20(32)29(21)2)17(26-27-19)10-5-6-11-14(16(10)22)18(23)30(3)28-11/h5-6,9,12-13,24H,4,7-8H2,1-3H3,(H,26,27)/t9?,12-,13?/m1/s1. The summed E-state index contributed by atoms with van der Waals surface area (Å²) in [5.74, 6) is 0.680. The molecule has 0 amide bonds. The third kappa shape index (κ3) is 2.55. The van der Waals surface area contributed by atoms with Crippen LogP contribution in [0.1, 0.15) is 19.3 Å². The van der Waals surface area contributed by atoms with Gasteiger partial charge in [0.15, 0.2) is 5.65 Å². The predicted molar refractivity (Wildman–Crippen MR) is 126 cm³/mol. The van der Waals surface area contributed by atoms with Crippen LogP contribution in [0.25, 0.3) is 33.2 Å². The number of aromatic amines is 1. The van der Waals surface area contributed by atoms with Gasteiger partial charge in [-0.05, 0) is 38.4 Å². The molecule has 2 saturated heterocycles. The first-order chi connectivity index (χ1) is 15.4. The van der Waals surface area contributed by atoms with Crippen LogP contribution in [0.15, 0.2) is 16.9 Å². The number of anilines is 1. The summed E-state index contributed by atoms with van der Waals surface area (Å²) in [6.07, 6.45) is 3.27. The number of aryl methyl sites for hydroxylation is 1. The number of hydrogen-bond donors (Lipinski definition) is 2. The molecular formula is C21H22Cl2N8O. The highest BCUT2D eigenvalue weighted by atomic mass is 35.5. The maximum atomic E-state index is 13.5. The molecule has 9 nitrogen and oxygen atoms in total. The van der Waals surface area contributed by atoms with E-state index in [4.69, 9.17) is 28.2 Å². The maximum absolute atomic E-state index is 13.5.